The SMILES string of the molecule is CC(/C=C/C=C(\C)CCCC(C)C)=C\C=C\C(C)=C\C(=O)O. The molecule has 0 fully saturated rings. The molecule has 0 aromatic rings. The highest BCUT2D eigenvalue weighted by molar-refractivity contribution is 5.81. The van der Waals surface area contributed by atoms with Gasteiger partial charge < -0.3 is 5.11 Å². The van der Waals surface area contributed by atoms with Crippen LogP contribution in [0, 0.1) is 5.92 Å². The molecule has 0 heterocycles. The van der Waals surface area contributed by atoms with Gasteiger partial charge in [0.25, 0.3) is 0 Å². The highest BCUT2D eigenvalue weighted by Gasteiger charge is 1.94. The molecule has 0 aliphatic carbocycles. The summed E-state index contributed by atoms with van der Waals surface area (Å²) in [6.07, 6.45) is 16.8. The molecule has 0 saturated carbocycles. The summed E-state index contributed by atoms with van der Waals surface area (Å²) in [6, 6.07) is 0. The van der Waals surface area contributed by atoms with Gasteiger partial charge in [-0.05, 0) is 45.1 Å². The average molecular weight is 302 g/mol. The molecular formula is C20H30O2. The molecule has 0 atom stereocenters. The number of allylic oxidation sites excluding steroid dienone is 9. The number of hydrogen-bond acceptors (Lipinski definition) is 1. The first-order chi connectivity index (χ1) is 10.3. The second kappa shape index (κ2) is 11.8. The summed E-state index contributed by atoms with van der Waals surface area (Å²) in [5.41, 5.74) is 3.26. The zero-order valence-electron chi connectivity index (χ0n) is 14.6. The molecule has 0 saturated heterocycles. The summed E-state index contributed by atoms with van der Waals surface area (Å²) in [7, 11) is 0. The van der Waals surface area contributed by atoms with Crippen molar-refractivity contribution in [3.63, 3.8) is 0 Å². The number of carbonyl (C=O) groups is 1. The van der Waals surface area contributed by atoms with Crippen molar-refractivity contribution in [1.29, 1.82) is 0 Å². The predicted octanol–water partition coefficient (Wildman–Crippen LogP) is 5.85. The van der Waals surface area contributed by atoms with Gasteiger partial charge in [0.2, 0.25) is 0 Å². The molecule has 0 amide bonds. The molecule has 0 radical (unpaired) electrons. The summed E-state index contributed by atoms with van der Waals surface area (Å²) >= 11 is 0. The van der Waals surface area contributed by atoms with Crippen molar-refractivity contribution in [2.75, 3.05) is 0 Å². The lowest BCUT2D eigenvalue weighted by Gasteiger charge is -2.03. The van der Waals surface area contributed by atoms with Crippen molar-refractivity contribution >= 4 is 5.97 Å². The third-order valence-corrected chi connectivity index (χ3v) is 3.16. The Morgan fingerprint density at radius 1 is 1.00 bits per heavy atom. The van der Waals surface area contributed by atoms with Crippen LogP contribution in [-0.2, 0) is 4.79 Å². The maximum Gasteiger partial charge on any atom is 0.328 e. The highest BCUT2D eigenvalue weighted by Crippen LogP contribution is 2.11. The first kappa shape index (κ1) is 20.2. The summed E-state index contributed by atoms with van der Waals surface area (Å²) in [5.74, 6) is -0.139. The molecule has 1 N–H and O–H groups in total. The fourth-order valence-corrected chi connectivity index (χ4v) is 1.89. The zero-order chi connectivity index (χ0) is 17.0. The van der Waals surface area contributed by atoms with E-state index in [-0.39, 0.29) is 0 Å². The largest absolute Gasteiger partial charge is 0.478 e. The molecule has 22 heavy (non-hydrogen) atoms. The van der Waals surface area contributed by atoms with Crippen LogP contribution in [0.25, 0.3) is 0 Å². The van der Waals surface area contributed by atoms with Gasteiger partial charge in [-0.2, -0.15) is 0 Å². The number of carboxylic acid groups (broad SMARTS) is 1. The normalized spacial score (nSPS) is 14.5. The number of carboxylic acids is 1. The topological polar surface area (TPSA) is 37.3 Å². The molecule has 2 heteroatoms. The Morgan fingerprint density at radius 2 is 1.59 bits per heavy atom. The van der Waals surface area contributed by atoms with E-state index in [0.29, 0.717) is 0 Å². The lowest BCUT2D eigenvalue weighted by molar-refractivity contribution is -0.131. The van der Waals surface area contributed by atoms with E-state index in [1.807, 2.05) is 19.1 Å². The molecular weight excluding hydrogens is 272 g/mol. The molecule has 2 nitrogen and oxygen atoms in total. The van der Waals surface area contributed by atoms with Gasteiger partial charge in [0, 0.05) is 6.08 Å². The van der Waals surface area contributed by atoms with E-state index < -0.39 is 5.97 Å². The molecule has 122 valence electrons. The van der Waals surface area contributed by atoms with Crippen LogP contribution in [0.5, 0.6) is 0 Å². The Balaban J connectivity index is 4.34. The van der Waals surface area contributed by atoms with E-state index in [4.69, 9.17) is 5.11 Å². The molecule has 0 aliphatic heterocycles. The van der Waals surface area contributed by atoms with E-state index in [2.05, 4.69) is 39.0 Å². The number of hydrogen-bond donors (Lipinski definition) is 1. The highest BCUT2D eigenvalue weighted by atomic mass is 16.4. The second-order valence-corrected chi connectivity index (χ2v) is 6.15. The van der Waals surface area contributed by atoms with E-state index in [1.54, 1.807) is 13.0 Å². The standard InChI is InChI=1S/C20H30O2/c1-16(2)9-6-10-17(3)11-7-12-18(4)13-8-14-19(5)15-20(21)22/h7-8,11-16H,6,9-10H2,1-5H3,(H,21,22)/b12-7+,14-8+,17-11+,18-13+,19-15+. The lowest BCUT2D eigenvalue weighted by Crippen LogP contribution is -1.87. The number of rotatable bonds is 9. The smallest absolute Gasteiger partial charge is 0.328 e. The van der Waals surface area contributed by atoms with E-state index >= 15 is 0 Å². The van der Waals surface area contributed by atoms with E-state index in [9.17, 15) is 4.79 Å². The van der Waals surface area contributed by atoms with Gasteiger partial charge in [0.1, 0.15) is 0 Å². The fraction of sp³-hybridized carbons (Fsp3) is 0.450. The van der Waals surface area contributed by atoms with Crippen molar-refractivity contribution in [2.45, 2.75) is 53.9 Å². The van der Waals surface area contributed by atoms with Crippen LogP contribution in [-0.4, -0.2) is 11.1 Å². The third kappa shape index (κ3) is 13.2. The van der Waals surface area contributed by atoms with Gasteiger partial charge in [-0.25, -0.2) is 4.79 Å². The second-order valence-electron chi connectivity index (χ2n) is 6.15. The van der Waals surface area contributed by atoms with Crippen LogP contribution < -0.4 is 0 Å². The van der Waals surface area contributed by atoms with Crippen LogP contribution in [0.15, 0.2) is 59.3 Å². The first-order valence-electron chi connectivity index (χ1n) is 7.91. The molecule has 0 aliphatic rings. The van der Waals surface area contributed by atoms with Crippen molar-refractivity contribution in [3.8, 4) is 0 Å². The Kier molecular flexibility index (Phi) is 10.8. The minimum atomic E-state index is -0.916. The summed E-state index contributed by atoms with van der Waals surface area (Å²) in [4.78, 5) is 10.5. The summed E-state index contributed by atoms with van der Waals surface area (Å²) in [6.45, 7) is 10.5. The Labute approximate surface area is 135 Å². The van der Waals surface area contributed by atoms with Crippen LogP contribution in [0.3, 0.4) is 0 Å². The van der Waals surface area contributed by atoms with E-state index in [1.165, 1.54) is 24.5 Å². The molecule has 0 aromatic carbocycles. The zero-order valence-corrected chi connectivity index (χ0v) is 14.6. The Bertz CT molecular complexity index is 486. The van der Waals surface area contributed by atoms with Crippen LogP contribution >= 0.6 is 0 Å². The van der Waals surface area contributed by atoms with Crippen molar-refractivity contribution in [2.24, 2.45) is 5.92 Å². The maximum atomic E-state index is 10.5. The summed E-state index contributed by atoms with van der Waals surface area (Å²) in [5, 5.41) is 8.61. The minimum Gasteiger partial charge on any atom is -0.478 e. The van der Waals surface area contributed by atoms with Gasteiger partial charge in [0.15, 0.2) is 0 Å². The van der Waals surface area contributed by atoms with Crippen LogP contribution in [0.2, 0.25) is 0 Å². The van der Waals surface area contributed by atoms with Gasteiger partial charge in [-0.3, -0.25) is 0 Å². The number of aliphatic carboxylic acids is 1. The van der Waals surface area contributed by atoms with Crippen molar-refractivity contribution < 1.29 is 9.90 Å². The maximum absolute atomic E-state index is 10.5. The third-order valence-electron chi connectivity index (χ3n) is 3.16. The quantitative estimate of drug-likeness (QED) is 0.428. The van der Waals surface area contributed by atoms with Crippen molar-refractivity contribution in [3.05, 3.63) is 59.3 Å². The van der Waals surface area contributed by atoms with Gasteiger partial charge in [-0.1, -0.05) is 67.9 Å². The molecule has 0 unspecified atom stereocenters. The van der Waals surface area contributed by atoms with Gasteiger partial charge >= 0.3 is 5.97 Å². The van der Waals surface area contributed by atoms with E-state index in [0.717, 1.165) is 23.5 Å². The van der Waals surface area contributed by atoms with Gasteiger partial charge in [-0.15, -0.1) is 0 Å². The summed E-state index contributed by atoms with van der Waals surface area (Å²) < 4.78 is 0. The minimum absolute atomic E-state index is 0.724. The average Bonchev–Trinajstić information content (AvgIpc) is 2.37. The molecule has 0 aromatic heterocycles. The lowest BCUT2D eigenvalue weighted by atomic mass is 10.0. The Hall–Kier alpha value is -1.83. The fourth-order valence-electron chi connectivity index (χ4n) is 1.89. The Morgan fingerprint density at radius 3 is 2.18 bits per heavy atom. The first-order valence-corrected chi connectivity index (χ1v) is 7.91. The van der Waals surface area contributed by atoms with Gasteiger partial charge in [0.05, 0.1) is 0 Å². The predicted molar refractivity (Wildman–Crippen MR) is 95.9 cm³/mol. The molecule has 0 rings (SSSR count). The monoisotopic (exact) mass is 302 g/mol. The van der Waals surface area contributed by atoms with Crippen molar-refractivity contribution in [1.82, 2.24) is 0 Å². The molecule has 0 bridgehead atoms. The van der Waals surface area contributed by atoms with Crippen LogP contribution in [0.1, 0.15) is 53.9 Å². The van der Waals surface area contributed by atoms with Crippen LogP contribution in [0.4, 0.5) is 0 Å². The molecule has 0 spiro atoms.